The minimum absolute atomic E-state index is 0.0426. The number of amides is 1. The van der Waals surface area contributed by atoms with E-state index in [9.17, 15) is 4.79 Å². The van der Waals surface area contributed by atoms with E-state index in [0.29, 0.717) is 12.5 Å². The van der Waals surface area contributed by atoms with Gasteiger partial charge in [-0.3, -0.25) is 0 Å². The van der Waals surface area contributed by atoms with Crippen molar-refractivity contribution in [3.8, 4) is 0 Å². The quantitative estimate of drug-likeness (QED) is 0.790. The van der Waals surface area contributed by atoms with E-state index in [1.165, 1.54) is 0 Å². The number of ether oxygens (including phenoxy) is 1. The Bertz CT molecular complexity index is 751. The fraction of sp³-hybridized carbons (Fsp3) is 0.611. The fourth-order valence-corrected chi connectivity index (χ4v) is 2.99. The SMILES string of the molecule is CC[C@H](C)C(CNC(=O)OC(C)(C)C)n1c(C)cc2cnc(Cl)nc21. The lowest BCUT2D eigenvalue weighted by Gasteiger charge is -2.28. The molecule has 0 bridgehead atoms. The van der Waals surface area contributed by atoms with E-state index in [2.05, 4.69) is 33.7 Å². The Labute approximate surface area is 153 Å². The molecule has 0 saturated carbocycles. The standard InChI is InChI=1S/C18H27ClN4O2/c1-7-11(2)14(10-21-17(24)25-18(4,5)6)23-12(3)8-13-9-20-16(19)22-15(13)23/h8-9,11,14H,7,10H2,1-6H3,(H,21,24)/t11-,14?/m0/s1. The number of halogens is 1. The molecule has 0 aliphatic heterocycles. The van der Waals surface area contributed by atoms with E-state index >= 15 is 0 Å². The van der Waals surface area contributed by atoms with E-state index in [0.717, 1.165) is 23.1 Å². The van der Waals surface area contributed by atoms with Crippen LogP contribution in [0.4, 0.5) is 4.79 Å². The summed E-state index contributed by atoms with van der Waals surface area (Å²) in [5, 5.41) is 4.05. The fourth-order valence-electron chi connectivity index (χ4n) is 2.86. The maximum atomic E-state index is 12.1. The molecule has 6 nitrogen and oxygen atoms in total. The number of aromatic nitrogens is 3. The summed E-state index contributed by atoms with van der Waals surface area (Å²) in [5.41, 5.74) is 1.32. The molecule has 2 atom stereocenters. The second-order valence-corrected chi connectivity index (χ2v) is 7.75. The Morgan fingerprint density at radius 3 is 2.72 bits per heavy atom. The van der Waals surface area contributed by atoms with Crippen LogP contribution >= 0.6 is 11.6 Å². The topological polar surface area (TPSA) is 69.0 Å². The largest absolute Gasteiger partial charge is 0.444 e. The van der Waals surface area contributed by atoms with Gasteiger partial charge in [-0.25, -0.2) is 9.78 Å². The average molecular weight is 367 g/mol. The van der Waals surface area contributed by atoms with Crippen molar-refractivity contribution >= 4 is 28.7 Å². The van der Waals surface area contributed by atoms with Gasteiger partial charge in [0.05, 0.1) is 6.04 Å². The van der Waals surface area contributed by atoms with Crippen LogP contribution in [0.5, 0.6) is 0 Å². The first-order valence-electron chi connectivity index (χ1n) is 8.59. The van der Waals surface area contributed by atoms with Crippen LogP contribution < -0.4 is 5.32 Å². The zero-order valence-corrected chi connectivity index (χ0v) is 16.5. The van der Waals surface area contributed by atoms with Gasteiger partial charge in [-0.1, -0.05) is 20.3 Å². The van der Waals surface area contributed by atoms with Crippen molar-refractivity contribution in [2.75, 3.05) is 6.54 Å². The van der Waals surface area contributed by atoms with Crippen molar-refractivity contribution in [2.24, 2.45) is 5.92 Å². The lowest BCUT2D eigenvalue weighted by atomic mass is 9.98. The van der Waals surface area contributed by atoms with E-state index in [-0.39, 0.29) is 11.3 Å². The number of rotatable bonds is 5. The lowest BCUT2D eigenvalue weighted by molar-refractivity contribution is 0.0515. The van der Waals surface area contributed by atoms with Crippen LogP contribution in [0.25, 0.3) is 11.0 Å². The third-order valence-electron chi connectivity index (χ3n) is 4.23. The lowest BCUT2D eigenvalue weighted by Crippen LogP contribution is -2.37. The monoisotopic (exact) mass is 366 g/mol. The normalized spacial score (nSPS) is 14.4. The molecule has 0 spiro atoms. The van der Waals surface area contributed by atoms with Crippen LogP contribution in [0.3, 0.4) is 0 Å². The number of carbonyl (C=O) groups excluding carboxylic acids is 1. The van der Waals surface area contributed by atoms with Crippen LogP contribution in [-0.2, 0) is 4.74 Å². The number of nitrogens with one attached hydrogen (secondary N) is 1. The molecule has 0 fully saturated rings. The molecule has 2 heterocycles. The molecule has 2 aromatic heterocycles. The predicted molar refractivity (Wildman–Crippen MR) is 100 cm³/mol. The van der Waals surface area contributed by atoms with Gasteiger partial charge in [-0.2, -0.15) is 4.98 Å². The van der Waals surface area contributed by atoms with Gasteiger partial charge in [-0.05, 0) is 51.3 Å². The van der Waals surface area contributed by atoms with Gasteiger partial charge in [0.1, 0.15) is 11.2 Å². The Morgan fingerprint density at radius 1 is 1.44 bits per heavy atom. The van der Waals surface area contributed by atoms with Crippen molar-refractivity contribution in [3.63, 3.8) is 0 Å². The third kappa shape index (κ3) is 4.84. The summed E-state index contributed by atoms with van der Waals surface area (Å²) in [6.07, 6.45) is 2.28. The number of aryl methyl sites for hydroxylation is 1. The molecule has 1 N–H and O–H groups in total. The maximum Gasteiger partial charge on any atom is 0.407 e. The highest BCUT2D eigenvalue weighted by molar-refractivity contribution is 6.28. The van der Waals surface area contributed by atoms with Crippen molar-refractivity contribution in [1.82, 2.24) is 19.9 Å². The number of hydrogen-bond donors (Lipinski definition) is 1. The van der Waals surface area contributed by atoms with Crippen LogP contribution in [0.2, 0.25) is 5.28 Å². The summed E-state index contributed by atoms with van der Waals surface area (Å²) in [6, 6.07) is 2.08. The number of alkyl carbamates (subject to hydrolysis) is 1. The van der Waals surface area contributed by atoms with Crippen LogP contribution in [-0.4, -0.2) is 32.8 Å². The minimum Gasteiger partial charge on any atom is -0.444 e. The van der Waals surface area contributed by atoms with Gasteiger partial charge in [0.2, 0.25) is 5.28 Å². The van der Waals surface area contributed by atoms with E-state index in [4.69, 9.17) is 16.3 Å². The van der Waals surface area contributed by atoms with E-state index in [1.807, 2.05) is 33.8 Å². The van der Waals surface area contributed by atoms with Gasteiger partial charge >= 0.3 is 6.09 Å². The molecule has 138 valence electrons. The smallest absolute Gasteiger partial charge is 0.407 e. The van der Waals surface area contributed by atoms with Crippen LogP contribution in [0.1, 0.15) is 52.8 Å². The Morgan fingerprint density at radius 2 is 2.12 bits per heavy atom. The minimum atomic E-state index is -0.521. The molecule has 0 radical (unpaired) electrons. The summed E-state index contributed by atoms with van der Waals surface area (Å²) in [4.78, 5) is 20.5. The third-order valence-corrected chi connectivity index (χ3v) is 4.41. The average Bonchev–Trinajstić information content (AvgIpc) is 2.81. The van der Waals surface area contributed by atoms with Crippen molar-refractivity contribution in [1.29, 1.82) is 0 Å². The zero-order chi connectivity index (χ0) is 18.8. The Balaban J connectivity index is 2.31. The molecule has 0 aliphatic rings. The summed E-state index contributed by atoms with van der Waals surface area (Å²) in [7, 11) is 0. The molecule has 0 aliphatic carbocycles. The summed E-state index contributed by atoms with van der Waals surface area (Å²) >= 11 is 5.99. The van der Waals surface area contributed by atoms with Gasteiger partial charge in [-0.15, -0.1) is 0 Å². The van der Waals surface area contributed by atoms with E-state index < -0.39 is 11.7 Å². The van der Waals surface area contributed by atoms with Crippen LogP contribution in [0.15, 0.2) is 12.3 Å². The van der Waals surface area contributed by atoms with Crippen LogP contribution in [0, 0.1) is 12.8 Å². The van der Waals surface area contributed by atoms with Crippen molar-refractivity contribution < 1.29 is 9.53 Å². The highest BCUT2D eigenvalue weighted by Gasteiger charge is 2.24. The van der Waals surface area contributed by atoms with Gasteiger partial charge < -0.3 is 14.6 Å². The number of carbonyl (C=O) groups is 1. The molecule has 1 amide bonds. The van der Waals surface area contributed by atoms with Crippen molar-refractivity contribution in [2.45, 2.75) is 59.6 Å². The zero-order valence-electron chi connectivity index (χ0n) is 15.8. The number of nitrogens with zero attached hydrogens (tertiary/aromatic N) is 3. The molecule has 0 aromatic carbocycles. The molecular formula is C18H27ClN4O2. The highest BCUT2D eigenvalue weighted by atomic mass is 35.5. The summed E-state index contributed by atoms with van der Waals surface area (Å²) in [6.45, 7) is 12.3. The molecule has 1 unspecified atom stereocenters. The van der Waals surface area contributed by atoms with Crippen molar-refractivity contribution in [3.05, 3.63) is 23.2 Å². The van der Waals surface area contributed by atoms with Gasteiger partial charge in [0, 0.05) is 23.8 Å². The van der Waals surface area contributed by atoms with Gasteiger partial charge in [0.15, 0.2) is 0 Å². The second kappa shape index (κ2) is 7.60. The molecule has 0 saturated heterocycles. The number of hydrogen-bond acceptors (Lipinski definition) is 4. The highest BCUT2D eigenvalue weighted by Crippen LogP contribution is 2.28. The first-order valence-corrected chi connectivity index (χ1v) is 8.97. The predicted octanol–water partition coefficient (Wildman–Crippen LogP) is 4.51. The molecule has 25 heavy (non-hydrogen) atoms. The Hall–Kier alpha value is -1.82. The molecule has 2 rings (SSSR count). The summed E-state index contributed by atoms with van der Waals surface area (Å²) < 4.78 is 7.48. The van der Waals surface area contributed by atoms with Gasteiger partial charge in [0.25, 0.3) is 0 Å². The maximum absolute atomic E-state index is 12.1. The first kappa shape index (κ1) is 19.5. The second-order valence-electron chi connectivity index (χ2n) is 7.41. The molecule has 2 aromatic rings. The first-order chi connectivity index (χ1) is 11.6. The molecular weight excluding hydrogens is 340 g/mol. The molecule has 7 heteroatoms. The van der Waals surface area contributed by atoms with E-state index in [1.54, 1.807) is 6.20 Å². The Kier molecular flexibility index (Phi) is 5.93. The summed E-state index contributed by atoms with van der Waals surface area (Å²) in [5.74, 6) is 0.331. The number of fused-ring (bicyclic) bond motifs is 1.